The van der Waals surface area contributed by atoms with Crippen LogP contribution in [0, 0.1) is 6.92 Å². The maximum atomic E-state index is 11.3. The van der Waals surface area contributed by atoms with E-state index in [4.69, 9.17) is 4.74 Å². The number of halogens is 1. The smallest absolute Gasteiger partial charge is 0.407 e. The fraction of sp³-hybridized carbons (Fsp3) is 0.600. The third-order valence-electron chi connectivity index (χ3n) is 1.47. The summed E-state index contributed by atoms with van der Waals surface area (Å²) in [6.45, 7) is 7.92. The number of ether oxygens (including phenoxy) is 1. The lowest BCUT2D eigenvalue weighted by atomic mass is 10.2. The number of hydrogen-bond donors (Lipinski definition) is 1. The van der Waals surface area contributed by atoms with Gasteiger partial charge in [-0.05, 0) is 27.7 Å². The van der Waals surface area contributed by atoms with E-state index in [1.54, 1.807) is 17.5 Å². The summed E-state index contributed by atoms with van der Waals surface area (Å²) in [4.78, 5) is 16.4. The first kappa shape index (κ1) is 15.2. The number of nitrogens with one attached hydrogen (secondary N) is 1. The molecule has 0 radical (unpaired) electrons. The number of alkyl carbamates (subject to hydrolysis) is 1. The number of thiazole rings is 1. The van der Waals surface area contributed by atoms with E-state index in [0.29, 0.717) is 6.54 Å². The Balaban J connectivity index is 0.00000225. The molecule has 1 N–H and O–H groups in total. The van der Waals surface area contributed by atoms with Crippen molar-refractivity contribution in [1.29, 1.82) is 0 Å². The summed E-state index contributed by atoms with van der Waals surface area (Å²) in [7, 11) is 0. The molecule has 0 aromatic carbocycles. The number of nitrogens with zero attached hydrogens (tertiary/aromatic N) is 1. The fourth-order valence-corrected chi connectivity index (χ4v) is 1.70. The summed E-state index contributed by atoms with van der Waals surface area (Å²) in [6, 6.07) is 0. The second kappa shape index (κ2) is 6.06. The molecule has 6 heteroatoms. The number of aryl methyl sites for hydroxylation is 1. The molecule has 0 fully saturated rings. The molecule has 0 saturated carbocycles. The van der Waals surface area contributed by atoms with E-state index >= 15 is 0 Å². The van der Waals surface area contributed by atoms with Crippen molar-refractivity contribution in [3.63, 3.8) is 0 Å². The van der Waals surface area contributed by atoms with Gasteiger partial charge in [0.05, 0.1) is 11.6 Å². The van der Waals surface area contributed by atoms with Crippen LogP contribution in [0.5, 0.6) is 0 Å². The summed E-state index contributed by atoms with van der Waals surface area (Å²) in [5.41, 5.74) is -0.451. The minimum atomic E-state index is -0.451. The summed E-state index contributed by atoms with van der Waals surface area (Å²) >= 11 is 1.57. The van der Waals surface area contributed by atoms with Gasteiger partial charge in [-0.25, -0.2) is 9.78 Å². The lowest BCUT2D eigenvalue weighted by molar-refractivity contribution is 0.0524. The van der Waals surface area contributed by atoms with Crippen LogP contribution in [0.25, 0.3) is 0 Å². The summed E-state index contributed by atoms with van der Waals surface area (Å²) in [6.07, 6.45) is 1.37. The van der Waals surface area contributed by atoms with Crippen molar-refractivity contribution in [2.45, 2.75) is 39.8 Å². The molecular formula is C10H17ClN2O2S. The molecule has 0 saturated heterocycles. The van der Waals surface area contributed by atoms with Gasteiger partial charge in [-0.1, -0.05) is 0 Å². The number of carbonyl (C=O) groups excluding carboxylic acids is 1. The lowest BCUT2D eigenvalue weighted by Gasteiger charge is -2.19. The molecule has 1 aromatic rings. The normalized spacial score (nSPS) is 10.5. The molecule has 1 aromatic heterocycles. The molecule has 0 spiro atoms. The minimum Gasteiger partial charge on any atom is -0.444 e. The molecule has 0 aliphatic rings. The van der Waals surface area contributed by atoms with Gasteiger partial charge in [0.2, 0.25) is 0 Å². The zero-order valence-corrected chi connectivity index (χ0v) is 11.5. The second-order valence-electron chi connectivity index (χ2n) is 4.20. The number of aromatic nitrogens is 1. The fourth-order valence-electron chi connectivity index (χ4n) is 0.961. The van der Waals surface area contributed by atoms with Crippen molar-refractivity contribution in [3.05, 3.63) is 16.1 Å². The van der Waals surface area contributed by atoms with Gasteiger partial charge in [-0.3, -0.25) is 0 Å². The van der Waals surface area contributed by atoms with Gasteiger partial charge in [0.25, 0.3) is 0 Å². The van der Waals surface area contributed by atoms with Crippen LogP contribution in [0.15, 0.2) is 6.20 Å². The molecule has 1 rings (SSSR count). The van der Waals surface area contributed by atoms with Gasteiger partial charge in [-0.15, -0.1) is 23.7 Å². The van der Waals surface area contributed by atoms with E-state index in [0.717, 1.165) is 9.88 Å². The predicted octanol–water partition coefficient (Wildman–Crippen LogP) is 2.90. The third kappa shape index (κ3) is 5.92. The van der Waals surface area contributed by atoms with E-state index in [1.807, 2.05) is 27.7 Å². The Hall–Kier alpha value is -0.810. The first-order chi connectivity index (χ1) is 6.87. The Morgan fingerprint density at radius 2 is 2.19 bits per heavy atom. The first-order valence-corrected chi connectivity index (χ1v) is 5.56. The molecule has 92 valence electrons. The highest BCUT2D eigenvalue weighted by Gasteiger charge is 2.15. The molecule has 0 bridgehead atoms. The van der Waals surface area contributed by atoms with Gasteiger partial charge in [0.15, 0.2) is 0 Å². The van der Waals surface area contributed by atoms with Crippen LogP contribution in [0.2, 0.25) is 0 Å². The van der Waals surface area contributed by atoms with Crippen LogP contribution in [0.3, 0.4) is 0 Å². The van der Waals surface area contributed by atoms with Crippen LogP contribution in [0.1, 0.15) is 30.7 Å². The van der Waals surface area contributed by atoms with E-state index in [1.165, 1.54) is 0 Å². The zero-order chi connectivity index (χ0) is 11.5. The number of carbonyl (C=O) groups is 1. The van der Waals surface area contributed by atoms with Crippen molar-refractivity contribution in [1.82, 2.24) is 10.3 Å². The van der Waals surface area contributed by atoms with E-state index < -0.39 is 11.7 Å². The molecule has 1 amide bonds. The molecule has 1 heterocycles. The summed E-state index contributed by atoms with van der Waals surface area (Å²) in [5.74, 6) is 0. The van der Waals surface area contributed by atoms with Crippen molar-refractivity contribution in [2.75, 3.05) is 0 Å². The highest BCUT2D eigenvalue weighted by molar-refractivity contribution is 7.11. The second-order valence-corrected chi connectivity index (χ2v) is 5.52. The standard InChI is InChI=1S/C10H16N2O2S.ClH/c1-7-11-5-8(15-7)6-12-9(13)14-10(2,3)4;/h5H,6H2,1-4H3,(H,12,13);1H. The Labute approximate surface area is 106 Å². The maximum absolute atomic E-state index is 11.3. The minimum absolute atomic E-state index is 0. The van der Waals surface area contributed by atoms with Crippen molar-refractivity contribution < 1.29 is 9.53 Å². The average Bonchev–Trinajstić information content (AvgIpc) is 2.45. The topological polar surface area (TPSA) is 51.2 Å². The molecular weight excluding hydrogens is 248 g/mol. The largest absolute Gasteiger partial charge is 0.444 e. The lowest BCUT2D eigenvalue weighted by Crippen LogP contribution is -2.31. The van der Waals surface area contributed by atoms with Crippen LogP contribution in [-0.2, 0) is 11.3 Å². The van der Waals surface area contributed by atoms with E-state index in [-0.39, 0.29) is 12.4 Å². The Morgan fingerprint density at radius 3 is 2.62 bits per heavy atom. The average molecular weight is 265 g/mol. The molecule has 16 heavy (non-hydrogen) atoms. The van der Waals surface area contributed by atoms with Crippen molar-refractivity contribution >= 4 is 29.8 Å². The van der Waals surface area contributed by atoms with Crippen LogP contribution < -0.4 is 5.32 Å². The van der Waals surface area contributed by atoms with Crippen LogP contribution in [0.4, 0.5) is 4.79 Å². The van der Waals surface area contributed by atoms with E-state index in [2.05, 4.69) is 10.3 Å². The summed E-state index contributed by atoms with van der Waals surface area (Å²) < 4.78 is 5.10. The first-order valence-electron chi connectivity index (χ1n) is 4.75. The maximum Gasteiger partial charge on any atom is 0.407 e. The van der Waals surface area contributed by atoms with Crippen LogP contribution >= 0.6 is 23.7 Å². The van der Waals surface area contributed by atoms with Crippen LogP contribution in [-0.4, -0.2) is 16.7 Å². The SMILES string of the molecule is Cc1ncc(CNC(=O)OC(C)(C)C)s1.Cl. The van der Waals surface area contributed by atoms with Crippen molar-refractivity contribution in [3.8, 4) is 0 Å². The Morgan fingerprint density at radius 1 is 1.56 bits per heavy atom. The van der Waals surface area contributed by atoms with Gasteiger partial charge >= 0.3 is 6.09 Å². The number of rotatable bonds is 2. The van der Waals surface area contributed by atoms with Gasteiger partial charge in [0.1, 0.15) is 5.60 Å². The van der Waals surface area contributed by atoms with Gasteiger partial charge < -0.3 is 10.1 Å². The van der Waals surface area contributed by atoms with Crippen molar-refractivity contribution in [2.24, 2.45) is 0 Å². The molecule has 4 nitrogen and oxygen atoms in total. The third-order valence-corrected chi connectivity index (χ3v) is 2.39. The quantitative estimate of drug-likeness (QED) is 0.894. The predicted molar refractivity (Wildman–Crippen MR) is 67.2 cm³/mol. The molecule has 0 unspecified atom stereocenters. The zero-order valence-electron chi connectivity index (χ0n) is 9.86. The highest BCUT2D eigenvalue weighted by atomic mass is 35.5. The monoisotopic (exact) mass is 264 g/mol. The molecule has 0 aliphatic heterocycles. The van der Waals surface area contributed by atoms with Gasteiger partial charge in [0, 0.05) is 11.1 Å². The molecule has 0 atom stereocenters. The Bertz CT molecular complexity index is 347. The van der Waals surface area contributed by atoms with Gasteiger partial charge in [-0.2, -0.15) is 0 Å². The number of hydrogen-bond acceptors (Lipinski definition) is 4. The van der Waals surface area contributed by atoms with E-state index in [9.17, 15) is 4.79 Å². The Kier molecular flexibility index (Phi) is 5.75. The molecule has 0 aliphatic carbocycles. The summed E-state index contributed by atoms with van der Waals surface area (Å²) in [5, 5.41) is 3.67. The number of amides is 1. The highest BCUT2D eigenvalue weighted by Crippen LogP contribution is 2.11.